The fourth-order valence-corrected chi connectivity index (χ4v) is 1.50. The van der Waals surface area contributed by atoms with Crippen molar-refractivity contribution in [2.24, 2.45) is 0 Å². The Balaban J connectivity index is 2.64. The highest BCUT2D eigenvalue weighted by atomic mass is 35.5. The maximum absolute atomic E-state index is 10.9. The largest absolute Gasteiger partial charge is 0.476 e. The van der Waals surface area contributed by atoms with Gasteiger partial charge in [-0.3, -0.25) is 0 Å². The molecule has 0 amide bonds. The highest BCUT2D eigenvalue weighted by Gasteiger charge is 2.15. The number of aromatic nitrogens is 3. The van der Waals surface area contributed by atoms with Gasteiger partial charge in [0.05, 0.1) is 28.5 Å². The predicted molar refractivity (Wildman–Crippen MR) is 58.0 cm³/mol. The lowest BCUT2D eigenvalue weighted by Gasteiger charge is -2.05. The summed E-state index contributed by atoms with van der Waals surface area (Å²) in [5.74, 6) is -1.17. The Labute approximate surface area is 101 Å². The van der Waals surface area contributed by atoms with E-state index >= 15 is 0 Å². The molecule has 0 spiro atoms. The van der Waals surface area contributed by atoms with Crippen LogP contribution in [0.1, 0.15) is 16.1 Å². The number of carboxylic acid groups (broad SMARTS) is 1. The molecule has 1 aromatic heterocycles. The van der Waals surface area contributed by atoms with Gasteiger partial charge in [-0.25, -0.2) is 9.48 Å². The molecule has 0 aliphatic carbocycles. The van der Waals surface area contributed by atoms with Gasteiger partial charge >= 0.3 is 5.97 Å². The quantitative estimate of drug-likeness (QED) is 0.869. The minimum atomic E-state index is -1.17. The van der Waals surface area contributed by atoms with Crippen LogP contribution in [0, 0.1) is 11.3 Å². The number of carbonyl (C=O) groups is 1. The molecule has 0 fully saturated rings. The third-order valence-electron chi connectivity index (χ3n) is 2.07. The molecular weight excluding hydrogens is 244 g/mol. The first-order valence-electron chi connectivity index (χ1n) is 4.47. The highest BCUT2D eigenvalue weighted by Crippen LogP contribution is 2.22. The molecule has 0 saturated heterocycles. The van der Waals surface area contributed by atoms with Crippen molar-refractivity contribution < 1.29 is 9.90 Å². The summed E-state index contributed by atoms with van der Waals surface area (Å²) in [5, 5.41) is 25.1. The van der Waals surface area contributed by atoms with Crippen LogP contribution in [-0.4, -0.2) is 26.1 Å². The van der Waals surface area contributed by atoms with Crippen molar-refractivity contribution in [2.75, 3.05) is 0 Å². The predicted octanol–water partition coefficient (Wildman–Crippen LogP) is 1.49. The summed E-state index contributed by atoms with van der Waals surface area (Å²) in [6, 6.07) is 6.42. The van der Waals surface area contributed by atoms with Crippen molar-refractivity contribution in [2.45, 2.75) is 0 Å². The van der Waals surface area contributed by atoms with Gasteiger partial charge in [0.15, 0.2) is 5.69 Å². The van der Waals surface area contributed by atoms with E-state index in [2.05, 4.69) is 10.3 Å². The monoisotopic (exact) mass is 248 g/mol. The van der Waals surface area contributed by atoms with Crippen molar-refractivity contribution in [3.8, 4) is 11.8 Å². The summed E-state index contributed by atoms with van der Waals surface area (Å²) in [6.45, 7) is 0. The average Bonchev–Trinajstić information content (AvgIpc) is 2.78. The first kappa shape index (κ1) is 11.1. The molecule has 84 valence electrons. The van der Waals surface area contributed by atoms with E-state index in [0.717, 1.165) is 10.9 Å². The van der Waals surface area contributed by atoms with E-state index in [4.69, 9.17) is 22.0 Å². The first-order valence-corrected chi connectivity index (χ1v) is 4.85. The van der Waals surface area contributed by atoms with E-state index in [1.54, 1.807) is 0 Å². The van der Waals surface area contributed by atoms with Gasteiger partial charge in [0.25, 0.3) is 0 Å². The van der Waals surface area contributed by atoms with Crippen LogP contribution in [0.25, 0.3) is 5.69 Å². The number of halogens is 1. The molecular formula is C10H5ClN4O2. The molecule has 0 saturated carbocycles. The van der Waals surface area contributed by atoms with Crippen LogP contribution < -0.4 is 0 Å². The molecule has 6 nitrogen and oxygen atoms in total. The molecule has 0 aliphatic rings. The van der Waals surface area contributed by atoms with Crippen molar-refractivity contribution in [1.82, 2.24) is 15.0 Å². The number of carboxylic acids is 1. The van der Waals surface area contributed by atoms with Crippen LogP contribution in [0.2, 0.25) is 5.02 Å². The second-order valence-electron chi connectivity index (χ2n) is 3.11. The minimum Gasteiger partial charge on any atom is -0.476 e. The molecule has 0 atom stereocenters. The zero-order valence-corrected chi connectivity index (χ0v) is 9.09. The van der Waals surface area contributed by atoms with Gasteiger partial charge in [0.1, 0.15) is 0 Å². The first-order chi connectivity index (χ1) is 8.13. The van der Waals surface area contributed by atoms with Crippen LogP contribution in [0.4, 0.5) is 0 Å². The molecule has 2 aromatic rings. The molecule has 2 rings (SSSR count). The molecule has 7 heteroatoms. The van der Waals surface area contributed by atoms with Crippen LogP contribution >= 0.6 is 11.6 Å². The zero-order chi connectivity index (χ0) is 12.4. The van der Waals surface area contributed by atoms with E-state index in [9.17, 15) is 4.79 Å². The summed E-state index contributed by atoms with van der Waals surface area (Å²) in [6.07, 6.45) is 1.11. The van der Waals surface area contributed by atoms with Crippen molar-refractivity contribution >= 4 is 17.6 Å². The number of hydrogen-bond donors (Lipinski definition) is 1. The van der Waals surface area contributed by atoms with Gasteiger partial charge in [0, 0.05) is 0 Å². The van der Waals surface area contributed by atoms with Crippen molar-refractivity contribution in [1.29, 1.82) is 5.26 Å². The summed E-state index contributed by atoms with van der Waals surface area (Å²) < 4.78 is 1.07. The van der Waals surface area contributed by atoms with Gasteiger partial charge in [-0.05, 0) is 18.2 Å². The summed E-state index contributed by atoms with van der Waals surface area (Å²) in [5.41, 5.74) is 0.541. The smallest absolute Gasteiger partial charge is 0.356 e. The maximum atomic E-state index is 10.9. The maximum Gasteiger partial charge on any atom is 0.356 e. The Hall–Kier alpha value is -2.39. The average molecular weight is 249 g/mol. The Bertz CT molecular complexity index is 629. The third-order valence-corrected chi connectivity index (χ3v) is 2.39. The highest BCUT2D eigenvalue weighted by molar-refractivity contribution is 6.32. The van der Waals surface area contributed by atoms with E-state index in [0.29, 0.717) is 11.3 Å². The SMILES string of the molecule is N#Cc1ccc(Cl)c(-n2nncc2C(=O)O)c1. The number of benzene rings is 1. The Morgan fingerprint density at radius 1 is 1.53 bits per heavy atom. The number of rotatable bonds is 2. The van der Waals surface area contributed by atoms with Crippen molar-refractivity contribution in [3.05, 3.63) is 40.7 Å². The van der Waals surface area contributed by atoms with E-state index in [1.165, 1.54) is 18.2 Å². The molecule has 1 aromatic carbocycles. The summed E-state index contributed by atoms with van der Waals surface area (Å²) in [4.78, 5) is 10.9. The topological polar surface area (TPSA) is 91.8 Å². The Kier molecular flexibility index (Phi) is 2.77. The van der Waals surface area contributed by atoms with Gasteiger partial charge in [-0.1, -0.05) is 16.8 Å². The van der Waals surface area contributed by atoms with Crippen LogP contribution in [0.15, 0.2) is 24.4 Å². The fourth-order valence-electron chi connectivity index (χ4n) is 1.30. The van der Waals surface area contributed by atoms with Crippen LogP contribution in [0.5, 0.6) is 0 Å². The normalized spacial score (nSPS) is 9.88. The number of hydrogen-bond acceptors (Lipinski definition) is 4. The molecule has 0 bridgehead atoms. The Morgan fingerprint density at radius 2 is 2.29 bits per heavy atom. The summed E-state index contributed by atoms with van der Waals surface area (Å²) >= 11 is 5.93. The molecule has 0 radical (unpaired) electrons. The molecule has 1 heterocycles. The van der Waals surface area contributed by atoms with Crippen LogP contribution in [0.3, 0.4) is 0 Å². The third kappa shape index (κ3) is 1.96. The van der Waals surface area contributed by atoms with Crippen LogP contribution in [-0.2, 0) is 0 Å². The lowest BCUT2D eigenvalue weighted by atomic mass is 10.2. The lowest BCUT2D eigenvalue weighted by molar-refractivity contribution is 0.0687. The van der Waals surface area contributed by atoms with Crippen molar-refractivity contribution in [3.63, 3.8) is 0 Å². The number of nitrogens with zero attached hydrogens (tertiary/aromatic N) is 4. The Morgan fingerprint density at radius 3 is 2.94 bits per heavy atom. The zero-order valence-electron chi connectivity index (χ0n) is 8.33. The molecule has 0 unspecified atom stereocenters. The standard InChI is InChI=1S/C10H5ClN4O2/c11-7-2-1-6(4-12)3-8(7)15-9(10(16)17)5-13-14-15/h1-3,5H,(H,16,17). The van der Waals surface area contributed by atoms with Gasteiger partial charge in [-0.15, -0.1) is 5.10 Å². The number of nitriles is 1. The van der Waals surface area contributed by atoms with Gasteiger partial charge in [-0.2, -0.15) is 5.26 Å². The minimum absolute atomic E-state index is 0.123. The molecule has 17 heavy (non-hydrogen) atoms. The summed E-state index contributed by atoms with van der Waals surface area (Å²) in [7, 11) is 0. The van der Waals surface area contributed by atoms with Gasteiger partial charge < -0.3 is 5.11 Å². The lowest BCUT2D eigenvalue weighted by Crippen LogP contribution is -2.08. The second kappa shape index (κ2) is 4.23. The molecule has 0 aliphatic heterocycles. The molecule has 1 N–H and O–H groups in total. The second-order valence-corrected chi connectivity index (χ2v) is 3.52. The fraction of sp³-hybridized carbons (Fsp3) is 0. The van der Waals surface area contributed by atoms with E-state index < -0.39 is 5.97 Å². The van der Waals surface area contributed by atoms with Gasteiger partial charge in [0.2, 0.25) is 0 Å². The van der Waals surface area contributed by atoms with E-state index in [1.807, 2.05) is 6.07 Å². The number of aromatic carboxylic acids is 1. The van der Waals surface area contributed by atoms with E-state index in [-0.39, 0.29) is 10.7 Å².